The lowest BCUT2D eigenvalue weighted by Crippen LogP contribution is -2.31. The molecule has 174 valence electrons. The molecule has 1 amide bonds. The van der Waals surface area contributed by atoms with Gasteiger partial charge in [-0.15, -0.1) is 0 Å². The minimum Gasteiger partial charge on any atom is -0.350 e. The number of benzene rings is 1. The fourth-order valence-corrected chi connectivity index (χ4v) is 5.69. The summed E-state index contributed by atoms with van der Waals surface area (Å²) in [5.41, 5.74) is 4.75. The molecular formula is C28H36N4O. The number of carbonyl (C=O) groups excluding carboxylic acids is 1. The Morgan fingerprint density at radius 3 is 2.73 bits per heavy atom. The van der Waals surface area contributed by atoms with Crippen molar-refractivity contribution in [1.29, 1.82) is 0 Å². The zero-order chi connectivity index (χ0) is 22.6. The number of rotatable bonds is 7. The molecular weight excluding hydrogens is 408 g/mol. The third kappa shape index (κ3) is 4.98. The Morgan fingerprint density at radius 1 is 1.06 bits per heavy atom. The first-order valence-corrected chi connectivity index (χ1v) is 12.7. The van der Waals surface area contributed by atoms with Gasteiger partial charge in [-0.1, -0.05) is 43.5 Å². The quantitative estimate of drug-likeness (QED) is 0.539. The van der Waals surface area contributed by atoms with Crippen LogP contribution in [-0.4, -0.2) is 32.9 Å². The Balaban J connectivity index is 1.19. The van der Waals surface area contributed by atoms with Crippen molar-refractivity contribution in [2.45, 2.75) is 76.4 Å². The monoisotopic (exact) mass is 444 g/mol. The highest BCUT2D eigenvalue weighted by atomic mass is 16.2. The van der Waals surface area contributed by atoms with Crippen LogP contribution in [0, 0.1) is 0 Å². The van der Waals surface area contributed by atoms with Crippen LogP contribution >= 0.6 is 0 Å². The molecule has 5 rings (SSSR count). The van der Waals surface area contributed by atoms with Gasteiger partial charge in [0.05, 0.1) is 11.7 Å². The summed E-state index contributed by atoms with van der Waals surface area (Å²) in [6, 6.07) is 13.5. The van der Waals surface area contributed by atoms with Gasteiger partial charge in [0.25, 0.3) is 0 Å². The molecule has 1 saturated heterocycles. The molecule has 0 radical (unpaired) electrons. The maximum atomic E-state index is 13.2. The number of aryl methyl sites for hydroxylation is 2. The van der Waals surface area contributed by atoms with Crippen molar-refractivity contribution < 1.29 is 4.79 Å². The molecule has 1 aromatic carbocycles. The van der Waals surface area contributed by atoms with Crippen LogP contribution in [-0.2, 0) is 24.8 Å². The molecule has 3 aromatic rings. The van der Waals surface area contributed by atoms with Gasteiger partial charge in [0.2, 0.25) is 5.91 Å². The van der Waals surface area contributed by atoms with Gasteiger partial charge in [-0.2, -0.15) is 0 Å². The maximum Gasteiger partial charge on any atom is 0.223 e. The number of fused-ring (bicyclic) bond motifs is 1. The summed E-state index contributed by atoms with van der Waals surface area (Å²) in [6.45, 7) is 1.72. The van der Waals surface area contributed by atoms with E-state index in [1.54, 1.807) is 0 Å². The number of aromatic nitrogens is 2. The van der Waals surface area contributed by atoms with Gasteiger partial charge < -0.3 is 14.8 Å². The fourth-order valence-electron chi connectivity index (χ4n) is 5.69. The molecule has 0 spiro atoms. The predicted molar refractivity (Wildman–Crippen MR) is 133 cm³/mol. The van der Waals surface area contributed by atoms with E-state index in [1.165, 1.54) is 54.1 Å². The SMILES string of the molecule is Cn1cc(CCC(=O)N2CCCC2c2ccc(CNC3CCCCC3)cn2)c2ccccc21. The molecule has 3 heterocycles. The minimum absolute atomic E-state index is 0.116. The van der Waals surface area contributed by atoms with Gasteiger partial charge in [0.15, 0.2) is 0 Å². The van der Waals surface area contributed by atoms with Crippen molar-refractivity contribution in [1.82, 2.24) is 19.8 Å². The molecule has 1 saturated carbocycles. The Kier molecular flexibility index (Phi) is 6.77. The predicted octanol–water partition coefficient (Wildman–Crippen LogP) is 5.29. The van der Waals surface area contributed by atoms with E-state index in [-0.39, 0.29) is 11.9 Å². The molecule has 1 N–H and O–H groups in total. The van der Waals surface area contributed by atoms with Crippen molar-refractivity contribution in [3.05, 3.63) is 65.6 Å². The third-order valence-corrected chi connectivity index (χ3v) is 7.55. The van der Waals surface area contributed by atoms with Gasteiger partial charge in [-0.25, -0.2) is 0 Å². The van der Waals surface area contributed by atoms with Gasteiger partial charge in [0, 0.05) is 55.9 Å². The summed E-state index contributed by atoms with van der Waals surface area (Å²) in [7, 11) is 2.07. The van der Waals surface area contributed by atoms with Gasteiger partial charge in [0.1, 0.15) is 0 Å². The first-order valence-electron chi connectivity index (χ1n) is 12.7. The second-order valence-electron chi connectivity index (χ2n) is 9.83. The number of nitrogens with one attached hydrogen (secondary N) is 1. The summed E-state index contributed by atoms with van der Waals surface area (Å²) in [6.07, 6.45) is 14.2. The molecule has 2 fully saturated rings. The van der Waals surface area contributed by atoms with Crippen molar-refractivity contribution in [3.8, 4) is 0 Å². The molecule has 2 aromatic heterocycles. The maximum absolute atomic E-state index is 13.2. The van der Waals surface area contributed by atoms with Gasteiger partial charge >= 0.3 is 0 Å². The second-order valence-corrected chi connectivity index (χ2v) is 9.83. The molecule has 5 heteroatoms. The average molecular weight is 445 g/mol. The largest absolute Gasteiger partial charge is 0.350 e. The normalized spacial score (nSPS) is 19.4. The molecule has 1 aliphatic heterocycles. The Labute approximate surface area is 197 Å². The number of carbonyl (C=O) groups is 1. The van der Waals surface area contributed by atoms with Crippen molar-refractivity contribution in [2.24, 2.45) is 7.05 Å². The Morgan fingerprint density at radius 2 is 1.91 bits per heavy atom. The molecule has 0 bridgehead atoms. The number of nitrogens with zero attached hydrogens (tertiary/aromatic N) is 3. The highest BCUT2D eigenvalue weighted by Crippen LogP contribution is 2.32. The lowest BCUT2D eigenvalue weighted by molar-refractivity contribution is -0.132. The minimum atomic E-state index is 0.116. The highest BCUT2D eigenvalue weighted by molar-refractivity contribution is 5.85. The summed E-state index contributed by atoms with van der Waals surface area (Å²) in [5, 5.41) is 4.95. The number of pyridine rings is 1. The van der Waals surface area contributed by atoms with Gasteiger partial charge in [-0.05, 0) is 55.4 Å². The standard InChI is InChI=1S/C28H36N4O/c1-31-20-22(24-10-5-6-11-26(24)31)14-16-28(33)32-17-7-12-27(32)25-15-13-21(19-30-25)18-29-23-8-3-2-4-9-23/h5-6,10-11,13,15,19-20,23,27,29H,2-4,7-9,12,14,16-18H2,1H3. The van der Waals surface area contributed by atoms with Crippen LogP contribution in [0.3, 0.4) is 0 Å². The van der Waals surface area contributed by atoms with Crippen molar-refractivity contribution in [2.75, 3.05) is 6.54 Å². The molecule has 2 aliphatic rings. The third-order valence-electron chi connectivity index (χ3n) is 7.55. The van der Waals surface area contributed by atoms with E-state index in [1.807, 2.05) is 6.20 Å². The van der Waals surface area contributed by atoms with E-state index < -0.39 is 0 Å². The Hall–Kier alpha value is -2.66. The molecule has 33 heavy (non-hydrogen) atoms. The van der Waals surface area contributed by atoms with Crippen LogP contribution in [0.4, 0.5) is 0 Å². The lowest BCUT2D eigenvalue weighted by Gasteiger charge is -2.25. The molecule has 1 aliphatic carbocycles. The van der Waals surface area contributed by atoms with E-state index in [0.29, 0.717) is 12.5 Å². The number of hydrogen-bond donors (Lipinski definition) is 1. The fraction of sp³-hybridized carbons (Fsp3) is 0.500. The van der Waals surface area contributed by atoms with E-state index in [0.717, 1.165) is 38.0 Å². The zero-order valence-corrected chi connectivity index (χ0v) is 19.8. The average Bonchev–Trinajstić information content (AvgIpc) is 3.48. The topological polar surface area (TPSA) is 50.2 Å². The summed E-state index contributed by atoms with van der Waals surface area (Å²) < 4.78 is 2.16. The molecule has 1 atom stereocenters. The number of para-hydroxylation sites is 1. The van der Waals surface area contributed by atoms with Crippen LogP contribution in [0.5, 0.6) is 0 Å². The van der Waals surface area contributed by atoms with Crippen LogP contribution < -0.4 is 5.32 Å². The number of likely N-dealkylation sites (tertiary alicyclic amines) is 1. The van der Waals surface area contributed by atoms with Crippen LogP contribution in [0.2, 0.25) is 0 Å². The summed E-state index contributed by atoms with van der Waals surface area (Å²) >= 11 is 0. The smallest absolute Gasteiger partial charge is 0.223 e. The van der Waals surface area contributed by atoms with E-state index >= 15 is 0 Å². The van der Waals surface area contributed by atoms with Gasteiger partial charge in [-0.3, -0.25) is 9.78 Å². The Bertz CT molecular complexity index is 1080. The first-order chi connectivity index (χ1) is 16.2. The second kappa shape index (κ2) is 10.1. The van der Waals surface area contributed by atoms with E-state index in [2.05, 4.69) is 64.4 Å². The molecule has 1 unspecified atom stereocenters. The van der Waals surface area contributed by atoms with Crippen molar-refractivity contribution >= 4 is 16.8 Å². The summed E-state index contributed by atoms with van der Waals surface area (Å²) in [4.78, 5) is 20.0. The van der Waals surface area contributed by atoms with E-state index in [4.69, 9.17) is 4.98 Å². The number of amides is 1. The number of hydrogen-bond acceptors (Lipinski definition) is 3. The zero-order valence-electron chi connectivity index (χ0n) is 19.8. The van der Waals surface area contributed by atoms with Crippen LogP contribution in [0.15, 0.2) is 48.8 Å². The van der Waals surface area contributed by atoms with Crippen LogP contribution in [0.1, 0.15) is 74.2 Å². The first kappa shape index (κ1) is 22.1. The van der Waals surface area contributed by atoms with Crippen LogP contribution in [0.25, 0.3) is 10.9 Å². The lowest BCUT2D eigenvalue weighted by atomic mass is 9.95. The molecule has 5 nitrogen and oxygen atoms in total. The van der Waals surface area contributed by atoms with Crippen molar-refractivity contribution in [3.63, 3.8) is 0 Å². The summed E-state index contributed by atoms with van der Waals surface area (Å²) in [5.74, 6) is 0.246. The van der Waals surface area contributed by atoms with E-state index in [9.17, 15) is 4.79 Å². The highest BCUT2D eigenvalue weighted by Gasteiger charge is 2.30.